The number of carbonyl (C=O) groups excluding carboxylic acids is 2. The average Bonchev–Trinajstić information content (AvgIpc) is 2.59. The summed E-state index contributed by atoms with van der Waals surface area (Å²) in [6, 6.07) is -0.337. The van der Waals surface area contributed by atoms with Gasteiger partial charge in [0.05, 0.1) is 6.10 Å². The van der Waals surface area contributed by atoms with E-state index in [-0.39, 0.29) is 35.3 Å². The van der Waals surface area contributed by atoms with Crippen molar-refractivity contribution >= 4 is 11.8 Å². The monoisotopic (exact) mass is 376 g/mol. The van der Waals surface area contributed by atoms with Gasteiger partial charge in [0.1, 0.15) is 6.04 Å². The maximum atomic E-state index is 13.3. The van der Waals surface area contributed by atoms with Crippen LogP contribution in [0.3, 0.4) is 0 Å². The molecule has 1 unspecified atom stereocenters. The van der Waals surface area contributed by atoms with Gasteiger partial charge < -0.3 is 15.7 Å². The van der Waals surface area contributed by atoms with E-state index < -0.39 is 6.04 Å². The molecule has 5 aliphatic rings. The number of aliphatic hydroxyl groups excluding tert-OH is 1. The molecule has 5 heteroatoms. The van der Waals surface area contributed by atoms with Crippen molar-refractivity contribution in [2.24, 2.45) is 29.1 Å². The molecule has 0 aromatic rings. The molecule has 0 aromatic carbocycles. The molecule has 0 aliphatic heterocycles. The molecule has 0 spiro atoms. The van der Waals surface area contributed by atoms with Crippen molar-refractivity contribution in [2.75, 3.05) is 0 Å². The van der Waals surface area contributed by atoms with E-state index in [4.69, 9.17) is 0 Å². The zero-order chi connectivity index (χ0) is 19.2. The summed E-state index contributed by atoms with van der Waals surface area (Å²) >= 11 is 0. The van der Waals surface area contributed by atoms with Gasteiger partial charge >= 0.3 is 0 Å². The molecule has 0 heterocycles. The maximum absolute atomic E-state index is 13.3. The van der Waals surface area contributed by atoms with Crippen molar-refractivity contribution in [2.45, 2.75) is 96.2 Å². The third kappa shape index (κ3) is 3.90. The molecule has 0 radical (unpaired) electrons. The first-order valence-electron chi connectivity index (χ1n) is 11.1. The summed E-state index contributed by atoms with van der Waals surface area (Å²) in [7, 11) is 0. The fourth-order valence-electron chi connectivity index (χ4n) is 6.73. The van der Waals surface area contributed by atoms with Crippen molar-refractivity contribution in [1.29, 1.82) is 0 Å². The Morgan fingerprint density at radius 2 is 1.44 bits per heavy atom. The minimum Gasteiger partial charge on any atom is -0.393 e. The van der Waals surface area contributed by atoms with Crippen LogP contribution in [-0.2, 0) is 9.59 Å². The van der Waals surface area contributed by atoms with E-state index >= 15 is 0 Å². The van der Waals surface area contributed by atoms with E-state index in [1.807, 2.05) is 13.8 Å². The Hall–Kier alpha value is -1.10. The van der Waals surface area contributed by atoms with Gasteiger partial charge in [0, 0.05) is 11.5 Å². The SMILES string of the molecule is CC(C)C(NC(=O)C12CC3CC(CC(C3)C1)C2)C(=O)NC1CCC(O)CC1. The van der Waals surface area contributed by atoms with Crippen molar-refractivity contribution in [3.8, 4) is 0 Å². The van der Waals surface area contributed by atoms with Crippen LogP contribution in [0, 0.1) is 29.1 Å². The van der Waals surface area contributed by atoms with E-state index in [0.29, 0.717) is 0 Å². The first kappa shape index (κ1) is 19.2. The second-order valence-electron chi connectivity index (χ2n) is 10.4. The largest absolute Gasteiger partial charge is 0.393 e. The highest BCUT2D eigenvalue weighted by molar-refractivity contribution is 5.90. The molecule has 5 aliphatic carbocycles. The highest BCUT2D eigenvalue weighted by Gasteiger charge is 2.55. The standard InChI is InChI=1S/C22H36N2O3/c1-13(2)19(20(26)23-17-3-5-18(25)6-4-17)24-21(27)22-10-14-7-15(11-22)9-16(8-14)12-22/h13-19,25H,3-12H2,1-2H3,(H,23,26)(H,24,27). The van der Waals surface area contributed by atoms with Gasteiger partial charge in [-0.2, -0.15) is 0 Å². The average molecular weight is 377 g/mol. The molecule has 1 atom stereocenters. The zero-order valence-corrected chi connectivity index (χ0v) is 16.9. The molecule has 152 valence electrons. The normalized spacial score (nSPS) is 41.4. The molecule has 4 bridgehead atoms. The Bertz CT molecular complexity index is 545. The van der Waals surface area contributed by atoms with E-state index in [1.54, 1.807) is 0 Å². The Morgan fingerprint density at radius 1 is 0.926 bits per heavy atom. The van der Waals surface area contributed by atoms with Gasteiger partial charge in [0.2, 0.25) is 11.8 Å². The first-order chi connectivity index (χ1) is 12.8. The predicted octanol–water partition coefficient (Wildman–Crippen LogP) is 2.76. The zero-order valence-electron chi connectivity index (χ0n) is 16.9. The van der Waals surface area contributed by atoms with Gasteiger partial charge in [-0.05, 0) is 87.9 Å². The lowest BCUT2D eigenvalue weighted by Gasteiger charge is -2.55. The predicted molar refractivity (Wildman–Crippen MR) is 104 cm³/mol. The van der Waals surface area contributed by atoms with Crippen LogP contribution in [0.2, 0.25) is 0 Å². The van der Waals surface area contributed by atoms with Gasteiger partial charge in [0.15, 0.2) is 0 Å². The summed E-state index contributed by atoms with van der Waals surface area (Å²) in [4.78, 5) is 26.2. The molecule has 2 amide bonds. The van der Waals surface area contributed by atoms with E-state index in [2.05, 4.69) is 10.6 Å². The number of nitrogens with one attached hydrogen (secondary N) is 2. The second kappa shape index (κ2) is 7.38. The molecule has 5 nitrogen and oxygen atoms in total. The lowest BCUT2D eigenvalue weighted by atomic mass is 9.49. The molecule has 27 heavy (non-hydrogen) atoms. The minimum atomic E-state index is -0.461. The number of rotatable bonds is 5. The van der Waals surface area contributed by atoms with Crippen molar-refractivity contribution in [1.82, 2.24) is 10.6 Å². The third-order valence-corrected chi connectivity index (χ3v) is 7.80. The summed E-state index contributed by atoms with van der Waals surface area (Å²) in [6.45, 7) is 4.02. The third-order valence-electron chi connectivity index (χ3n) is 7.80. The van der Waals surface area contributed by atoms with Crippen LogP contribution >= 0.6 is 0 Å². The summed E-state index contributed by atoms with van der Waals surface area (Å²) in [6.07, 6.45) is 9.92. The molecule has 5 rings (SSSR count). The van der Waals surface area contributed by atoms with Crippen molar-refractivity contribution < 1.29 is 14.7 Å². The number of hydrogen-bond donors (Lipinski definition) is 3. The van der Waals surface area contributed by atoms with Crippen molar-refractivity contribution in [3.63, 3.8) is 0 Å². The maximum Gasteiger partial charge on any atom is 0.243 e. The van der Waals surface area contributed by atoms with Crippen LogP contribution in [0.15, 0.2) is 0 Å². The second-order valence-corrected chi connectivity index (χ2v) is 10.4. The highest BCUT2D eigenvalue weighted by atomic mass is 16.3. The lowest BCUT2D eigenvalue weighted by molar-refractivity contribution is -0.149. The van der Waals surface area contributed by atoms with Crippen LogP contribution in [0.25, 0.3) is 0 Å². The topological polar surface area (TPSA) is 78.4 Å². The summed E-state index contributed by atoms with van der Waals surface area (Å²) in [5.41, 5.74) is -0.211. The van der Waals surface area contributed by atoms with Gasteiger partial charge in [-0.1, -0.05) is 13.8 Å². The number of hydrogen-bond acceptors (Lipinski definition) is 3. The van der Waals surface area contributed by atoms with Gasteiger partial charge in [0.25, 0.3) is 0 Å². The fraction of sp³-hybridized carbons (Fsp3) is 0.909. The van der Waals surface area contributed by atoms with Crippen LogP contribution in [0.1, 0.15) is 78.1 Å². The fourth-order valence-corrected chi connectivity index (χ4v) is 6.73. The lowest BCUT2D eigenvalue weighted by Crippen LogP contribution is -2.59. The van der Waals surface area contributed by atoms with Crippen LogP contribution in [0.5, 0.6) is 0 Å². The van der Waals surface area contributed by atoms with E-state index in [1.165, 1.54) is 19.3 Å². The van der Waals surface area contributed by atoms with Crippen LogP contribution < -0.4 is 10.6 Å². The van der Waals surface area contributed by atoms with Gasteiger partial charge in [-0.15, -0.1) is 0 Å². The number of amides is 2. The Morgan fingerprint density at radius 3 is 1.93 bits per heavy atom. The Kier molecular flexibility index (Phi) is 5.26. The molecule has 3 N–H and O–H groups in total. The highest BCUT2D eigenvalue weighted by Crippen LogP contribution is 2.60. The molecular weight excluding hydrogens is 340 g/mol. The molecule has 5 fully saturated rings. The van der Waals surface area contributed by atoms with Crippen molar-refractivity contribution in [3.05, 3.63) is 0 Å². The molecule has 5 saturated carbocycles. The number of aliphatic hydroxyl groups is 1. The smallest absolute Gasteiger partial charge is 0.243 e. The summed E-state index contributed by atoms with van der Waals surface area (Å²) < 4.78 is 0. The first-order valence-corrected chi connectivity index (χ1v) is 11.1. The summed E-state index contributed by atoms with van der Waals surface area (Å²) in [5, 5.41) is 16.0. The Labute approximate surface area is 163 Å². The van der Waals surface area contributed by atoms with Crippen LogP contribution in [-0.4, -0.2) is 35.1 Å². The molecule has 0 aromatic heterocycles. The molecule has 0 saturated heterocycles. The number of carbonyl (C=O) groups is 2. The molecular formula is C22H36N2O3. The quantitative estimate of drug-likeness (QED) is 0.690. The minimum absolute atomic E-state index is 0.0514. The van der Waals surface area contributed by atoms with E-state index in [0.717, 1.165) is 62.7 Å². The van der Waals surface area contributed by atoms with Gasteiger partial charge in [-0.3, -0.25) is 9.59 Å². The Balaban J connectivity index is 1.39. The summed E-state index contributed by atoms with van der Waals surface area (Å²) in [5.74, 6) is 2.32. The van der Waals surface area contributed by atoms with E-state index in [9.17, 15) is 14.7 Å². The van der Waals surface area contributed by atoms with Crippen LogP contribution in [0.4, 0.5) is 0 Å². The van der Waals surface area contributed by atoms with Gasteiger partial charge in [-0.25, -0.2) is 0 Å².